The number of aliphatic carboxylic acids is 1. The maximum atomic E-state index is 12.8. The Morgan fingerprint density at radius 1 is 1.33 bits per heavy atom. The normalized spacial score (nSPS) is 11.1. The second-order valence-electron chi connectivity index (χ2n) is 5.46. The minimum atomic E-state index is -0.870. The molecule has 24 heavy (non-hydrogen) atoms. The summed E-state index contributed by atoms with van der Waals surface area (Å²) >= 11 is 7.42. The number of carboxylic acids is 1. The summed E-state index contributed by atoms with van der Waals surface area (Å²) in [4.78, 5) is 29.6. The van der Waals surface area contributed by atoms with Gasteiger partial charge >= 0.3 is 5.97 Å². The first-order chi connectivity index (χ1) is 11.5. The molecule has 124 valence electrons. The average Bonchev–Trinajstić information content (AvgIpc) is 2.87. The number of carboxylic acid groups (broad SMARTS) is 1. The fourth-order valence-electron chi connectivity index (χ4n) is 2.66. The molecule has 0 amide bonds. The maximum absolute atomic E-state index is 12.8. The number of hydrogen-bond acceptors (Lipinski definition) is 4. The van der Waals surface area contributed by atoms with Crippen molar-refractivity contribution in [2.45, 2.75) is 26.3 Å². The van der Waals surface area contributed by atoms with Gasteiger partial charge in [-0.05, 0) is 31.0 Å². The molecule has 1 aromatic carbocycles. The second-order valence-corrected chi connectivity index (χ2v) is 7.10. The van der Waals surface area contributed by atoms with E-state index >= 15 is 0 Å². The summed E-state index contributed by atoms with van der Waals surface area (Å²) in [7, 11) is 0. The number of benzene rings is 1. The number of halogens is 1. The molecule has 0 fully saturated rings. The van der Waals surface area contributed by atoms with Gasteiger partial charge in [-0.15, -0.1) is 11.3 Å². The minimum Gasteiger partial charge on any atom is -0.481 e. The van der Waals surface area contributed by atoms with E-state index < -0.39 is 5.97 Å². The van der Waals surface area contributed by atoms with Gasteiger partial charge in [0.25, 0.3) is 5.56 Å². The first-order valence-electron chi connectivity index (χ1n) is 7.43. The van der Waals surface area contributed by atoms with Crippen LogP contribution in [0.15, 0.2) is 35.4 Å². The van der Waals surface area contributed by atoms with E-state index in [1.54, 1.807) is 12.1 Å². The number of fused-ring (bicyclic) bond motifs is 1. The Morgan fingerprint density at radius 3 is 2.71 bits per heavy atom. The lowest BCUT2D eigenvalue weighted by Crippen LogP contribution is -2.20. The SMILES string of the molecule is Cc1sc2ncn(CCCC(=O)O)c(=O)c2c1-c1ccc(Cl)cc1. The van der Waals surface area contributed by atoms with Crippen molar-refractivity contribution in [1.82, 2.24) is 9.55 Å². The molecule has 0 spiro atoms. The highest BCUT2D eigenvalue weighted by atomic mass is 35.5. The predicted molar refractivity (Wildman–Crippen MR) is 95.9 cm³/mol. The van der Waals surface area contributed by atoms with Crippen molar-refractivity contribution in [3.8, 4) is 11.1 Å². The van der Waals surface area contributed by atoms with Gasteiger partial charge in [0, 0.05) is 28.4 Å². The molecule has 5 nitrogen and oxygen atoms in total. The Balaban J connectivity index is 2.09. The first kappa shape index (κ1) is 16.7. The average molecular weight is 363 g/mol. The van der Waals surface area contributed by atoms with Gasteiger partial charge in [-0.3, -0.25) is 14.2 Å². The molecule has 2 heterocycles. The summed E-state index contributed by atoms with van der Waals surface area (Å²) < 4.78 is 1.48. The smallest absolute Gasteiger partial charge is 0.303 e. The molecule has 0 saturated heterocycles. The molecular formula is C17H15ClN2O3S. The van der Waals surface area contributed by atoms with Crippen molar-refractivity contribution in [3.63, 3.8) is 0 Å². The summed E-state index contributed by atoms with van der Waals surface area (Å²) in [5, 5.41) is 9.96. The van der Waals surface area contributed by atoms with Gasteiger partial charge in [0.1, 0.15) is 4.83 Å². The number of aryl methyl sites for hydroxylation is 2. The molecule has 0 unspecified atom stereocenters. The number of aromatic nitrogens is 2. The Hall–Kier alpha value is -2.18. The lowest BCUT2D eigenvalue weighted by atomic mass is 10.0. The van der Waals surface area contributed by atoms with Gasteiger partial charge in [0.15, 0.2) is 0 Å². The zero-order valence-corrected chi connectivity index (χ0v) is 14.5. The fraction of sp³-hybridized carbons (Fsp3) is 0.235. The topological polar surface area (TPSA) is 72.2 Å². The molecular weight excluding hydrogens is 348 g/mol. The van der Waals surface area contributed by atoms with Crippen molar-refractivity contribution in [1.29, 1.82) is 0 Å². The van der Waals surface area contributed by atoms with E-state index in [1.807, 2.05) is 19.1 Å². The third kappa shape index (κ3) is 3.20. The van der Waals surface area contributed by atoms with Gasteiger partial charge < -0.3 is 5.11 Å². The zero-order valence-electron chi connectivity index (χ0n) is 13.0. The molecule has 0 aliphatic heterocycles. The van der Waals surface area contributed by atoms with Gasteiger partial charge in [-0.1, -0.05) is 23.7 Å². The number of carbonyl (C=O) groups is 1. The van der Waals surface area contributed by atoms with Crippen LogP contribution < -0.4 is 5.56 Å². The molecule has 0 radical (unpaired) electrons. The lowest BCUT2D eigenvalue weighted by Gasteiger charge is -2.06. The van der Waals surface area contributed by atoms with Crippen molar-refractivity contribution < 1.29 is 9.90 Å². The van der Waals surface area contributed by atoms with E-state index in [-0.39, 0.29) is 12.0 Å². The van der Waals surface area contributed by atoms with Crippen LogP contribution in [0.25, 0.3) is 21.3 Å². The molecule has 1 N–H and O–H groups in total. The molecule has 0 bridgehead atoms. The van der Waals surface area contributed by atoms with Crippen LogP contribution in [-0.4, -0.2) is 20.6 Å². The van der Waals surface area contributed by atoms with E-state index in [0.717, 1.165) is 16.0 Å². The molecule has 0 atom stereocenters. The van der Waals surface area contributed by atoms with Crippen LogP contribution in [0.1, 0.15) is 17.7 Å². The van der Waals surface area contributed by atoms with Crippen LogP contribution in [0, 0.1) is 6.92 Å². The van der Waals surface area contributed by atoms with Crippen molar-refractivity contribution in [2.75, 3.05) is 0 Å². The van der Waals surface area contributed by atoms with Crippen LogP contribution in [0.3, 0.4) is 0 Å². The van der Waals surface area contributed by atoms with E-state index in [2.05, 4.69) is 4.98 Å². The summed E-state index contributed by atoms with van der Waals surface area (Å²) in [6.07, 6.45) is 1.91. The van der Waals surface area contributed by atoms with Crippen molar-refractivity contribution in [2.24, 2.45) is 0 Å². The number of thiophene rings is 1. The fourth-order valence-corrected chi connectivity index (χ4v) is 3.79. The monoisotopic (exact) mass is 362 g/mol. The number of nitrogens with zero attached hydrogens (tertiary/aromatic N) is 2. The third-order valence-corrected chi connectivity index (χ3v) is 5.04. The highest BCUT2D eigenvalue weighted by Gasteiger charge is 2.16. The lowest BCUT2D eigenvalue weighted by molar-refractivity contribution is -0.137. The molecule has 0 aliphatic carbocycles. The van der Waals surface area contributed by atoms with E-state index in [1.165, 1.54) is 22.2 Å². The summed E-state index contributed by atoms with van der Waals surface area (Å²) in [6.45, 7) is 2.30. The predicted octanol–water partition coefficient (Wildman–Crippen LogP) is 3.95. The van der Waals surface area contributed by atoms with Crippen LogP contribution >= 0.6 is 22.9 Å². The second kappa shape index (κ2) is 6.75. The first-order valence-corrected chi connectivity index (χ1v) is 8.63. The van der Waals surface area contributed by atoms with Crippen LogP contribution in [-0.2, 0) is 11.3 Å². The van der Waals surface area contributed by atoms with Crippen LogP contribution in [0.5, 0.6) is 0 Å². The quantitative estimate of drug-likeness (QED) is 0.745. The van der Waals surface area contributed by atoms with Crippen LogP contribution in [0.4, 0.5) is 0 Å². The minimum absolute atomic E-state index is 0.0250. The number of hydrogen-bond donors (Lipinski definition) is 1. The molecule has 0 aliphatic rings. The largest absolute Gasteiger partial charge is 0.481 e. The molecule has 3 aromatic rings. The van der Waals surface area contributed by atoms with E-state index in [9.17, 15) is 9.59 Å². The van der Waals surface area contributed by atoms with E-state index in [4.69, 9.17) is 16.7 Å². The van der Waals surface area contributed by atoms with Crippen molar-refractivity contribution in [3.05, 3.63) is 50.8 Å². The Labute approximate surface area is 147 Å². The molecule has 3 rings (SSSR count). The van der Waals surface area contributed by atoms with Crippen LogP contribution in [0.2, 0.25) is 5.02 Å². The number of rotatable bonds is 5. The van der Waals surface area contributed by atoms with Crippen molar-refractivity contribution >= 4 is 39.1 Å². The Bertz CT molecular complexity index is 960. The Kier molecular flexibility index (Phi) is 4.69. The van der Waals surface area contributed by atoms with E-state index in [0.29, 0.717) is 28.2 Å². The highest BCUT2D eigenvalue weighted by Crippen LogP contribution is 2.35. The van der Waals surface area contributed by atoms with Gasteiger partial charge in [-0.25, -0.2) is 4.98 Å². The van der Waals surface area contributed by atoms with Gasteiger partial charge in [-0.2, -0.15) is 0 Å². The summed E-state index contributed by atoms with van der Waals surface area (Å²) in [5.74, 6) is -0.870. The molecule has 7 heteroatoms. The third-order valence-electron chi connectivity index (χ3n) is 3.78. The Morgan fingerprint density at radius 2 is 2.04 bits per heavy atom. The highest BCUT2D eigenvalue weighted by molar-refractivity contribution is 7.19. The maximum Gasteiger partial charge on any atom is 0.303 e. The standard InChI is InChI=1S/C17H15ClN2O3S/c1-10-14(11-4-6-12(18)7-5-11)15-16(24-10)19-9-20(17(15)23)8-2-3-13(21)22/h4-7,9H,2-3,8H2,1H3,(H,21,22). The van der Waals surface area contributed by atoms with Gasteiger partial charge in [0.05, 0.1) is 11.7 Å². The molecule has 2 aromatic heterocycles. The molecule has 0 saturated carbocycles. The zero-order chi connectivity index (χ0) is 17.3. The summed E-state index contributed by atoms with van der Waals surface area (Å²) in [5.41, 5.74) is 1.65. The van der Waals surface area contributed by atoms with Gasteiger partial charge in [0.2, 0.25) is 0 Å². The summed E-state index contributed by atoms with van der Waals surface area (Å²) in [6, 6.07) is 7.36.